The van der Waals surface area contributed by atoms with E-state index in [0.717, 1.165) is 33.7 Å². The third-order valence-electron chi connectivity index (χ3n) is 8.45. The Morgan fingerprint density at radius 1 is 0.824 bits per heavy atom. The van der Waals surface area contributed by atoms with Crippen LogP contribution in [-0.4, -0.2) is 41.6 Å². The number of halogens is 3. The van der Waals surface area contributed by atoms with Gasteiger partial charge in [0.05, 0.1) is 56.4 Å². The van der Waals surface area contributed by atoms with E-state index >= 15 is 0 Å². The van der Waals surface area contributed by atoms with Crippen molar-refractivity contribution in [3.63, 3.8) is 0 Å². The van der Waals surface area contributed by atoms with E-state index in [0.29, 0.717) is 21.9 Å². The summed E-state index contributed by atoms with van der Waals surface area (Å²) >= 11 is 0. The molecule has 0 aliphatic heterocycles. The fraction of sp³-hybridized carbons (Fsp3) is 0.0811. The fourth-order valence-electron chi connectivity index (χ4n) is 5.87. The van der Waals surface area contributed by atoms with Gasteiger partial charge >= 0.3 is 11.9 Å². The van der Waals surface area contributed by atoms with Gasteiger partial charge in [-0.1, -0.05) is 42.0 Å². The van der Waals surface area contributed by atoms with Gasteiger partial charge in [0.1, 0.15) is 0 Å². The summed E-state index contributed by atoms with van der Waals surface area (Å²) in [6.07, 6.45) is 2.83. The van der Waals surface area contributed by atoms with E-state index in [1.165, 1.54) is 56.7 Å². The zero-order valence-corrected chi connectivity index (χ0v) is 27.8. The lowest BCUT2D eigenvalue weighted by atomic mass is 10.0. The highest BCUT2D eigenvalue weighted by atomic mass is 32.2. The van der Waals surface area contributed by atoms with Gasteiger partial charge in [-0.2, -0.15) is 21.6 Å². The van der Waals surface area contributed by atoms with Gasteiger partial charge in [-0.15, -0.1) is 0 Å². The number of nitrogens with zero attached hydrogens (tertiary/aromatic N) is 6. The molecule has 4 heterocycles. The van der Waals surface area contributed by atoms with Crippen LogP contribution in [0.15, 0.2) is 132 Å². The molecular weight excluding hydrogens is 682 g/mol. The number of aryl methyl sites for hydroxylation is 2. The highest BCUT2D eigenvalue weighted by Crippen LogP contribution is 2.36. The maximum absolute atomic E-state index is 14.2. The van der Waals surface area contributed by atoms with Crippen molar-refractivity contribution in [2.45, 2.75) is 18.0 Å². The molecule has 0 bridgehead atoms. The van der Waals surface area contributed by atoms with Crippen molar-refractivity contribution in [3.05, 3.63) is 144 Å². The predicted octanol–water partition coefficient (Wildman–Crippen LogP) is 7.54. The van der Waals surface area contributed by atoms with E-state index < -0.39 is 27.5 Å². The van der Waals surface area contributed by atoms with Gasteiger partial charge in [-0.05, 0) is 67.1 Å². The molecule has 0 spiro atoms. The van der Waals surface area contributed by atoms with Crippen LogP contribution in [0.3, 0.4) is 0 Å². The first-order valence-electron chi connectivity index (χ1n) is 15.4. The van der Waals surface area contributed by atoms with Gasteiger partial charge in [-0.3, -0.25) is 23.7 Å². The Kier molecular flexibility index (Phi) is 8.28. The highest BCUT2D eigenvalue weighted by Gasteiger charge is 2.35. The topological polar surface area (TPSA) is 125 Å². The zero-order valence-electron chi connectivity index (χ0n) is 26.9. The van der Waals surface area contributed by atoms with Crippen molar-refractivity contribution in [1.82, 2.24) is 28.7 Å². The minimum Gasteiger partial charge on any atom is -0.306 e. The molecule has 0 atom stereocenters. The van der Waals surface area contributed by atoms with Crippen LogP contribution in [0.2, 0.25) is 0 Å². The molecule has 0 aliphatic carbocycles. The molecule has 0 saturated carbocycles. The first-order chi connectivity index (χ1) is 24.3. The summed E-state index contributed by atoms with van der Waals surface area (Å²) in [6.45, 7) is 1.84. The minimum atomic E-state index is -4.66. The molecule has 8 aromatic rings. The van der Waals surface area contributed by atoms with Gasteiger partial charge < -0.3 is 4.57 Å². The SMILES string of the molecule is Cc1ccc(S(=O)(=O)O)cc1.Cn1c(=O)n(-c2ccc(-n3ccnc3)c(C(F)(F)F)c2)c2c3cc(-c4cnc5ccccc5c4)ccc3ncc21. The van der Waals surface area contributed by atoms with Gasteiger partial charge in [-0.25, -0.2) is 9.78 Å². The van der Waals surface area contributed by atoms with Crippen LogP contribution in [0.25, 0.3) is 55.3 Å². The molecule has 8 rings (SSSR count). The van der Waals surface area contributed by atoms with Crippen LogP contribution < -0.4 is 5.69 Å². The van der Waals surface area contributed by atoms with Crippen molar-refractivity contribution < 1.29 is 26.1 Å². The van der Waals surface area contributed by atoms with E-state index in [1.54, 1.807) is 31.6 Å². The number of para-hydroxylation sites is 1. The molecular formula is C37H27F3N6O4S. The van der Waals surface area contributed by atoms with Crippen LogP contribution in [0.1, 0.15) is 11.1 Å². The van der Waals surface area contributed by atoms with Crippen molar-refractivity contribution in [2.75, 3.05) is 0 Å². The molecule has 0 saturated heterocycles. The molecule has 256 valence electrons. The lowest BCUT2D eigenvalue weighted by molar-refractivity contribution is -0.137. The summed E-state index contributed by atoms with van der Waals surface area (Å²) < 4.78 is 76.2. The second-order valence-corrected chi connectivity index (χ2v) is 13.2. The number of imidazole rings is 2. The van der Waals surface area contributed by atoms with Crippen LogP contribution >= 0.6 is 0 Å². The van der Waals surface area contributed by atoms with Gasteiger partial charge in [0.15, 0.2) is 0 Å². The Morgan fingerprint density at radius 2 is 1.57 bits per heavy atom. The van der Waals surface area contributed by atoms with Crippen LogP contribution in [0.5, 0.6) is 0 Å². The molecule has 0 aliphatic rings. The molecule has 10 nitrogen and oxygen atoms in total. The fourth-order valence-corrected chi connectivity index (χ4v) is 6.35. The monoisotopic (exact) mass is 708 g/mol. The van der Waals surface area contributed by atoms with E-state index in [1.807, 2.05) is 55.5 Å². The van der Waals surface area contributed by atoms with Crippen molar-refractivity contribution in [3.8, 4) is 22.5 Å². The molecule has 1 N–H and O–H groups in total. The first kappa shape index (κ1) is 33.4. The summed E-state index contributed by atoms with van der Waals surface area (Å²) in [4.78, 5) is 26.4. The maximum atomic E-state index is 14.2. The van der Waals surface area contributed by atoms with Gasteiger partial charge in [0.25, 0.3) is 10.1 Å². The molecule has 0 radical (unpaired) electrons. The Balaban J connectivity index is 0.000000318. The summed E-state index contributed by atoms with van der Waals surface area (Å²) in [5, 5.41) is 1.61. The highest BCUT2D eigenvalue weighted by molar-refractivity contribution is 7.85. The molecule has 4 aromatic carbocycles. The Hall–Kier alpha value is -6.12. The minimum absolute atomic E-state index is 0.0666. The average molecular weight is 709 g/mol. The zero-order chi connectivity index (χ0) is 36.1. The number of fused-ring (bicyclic) bond motifs is 4. The second kappa shape index (κ2) is 12.6. The normalized spacial score (nSPS) is 12.0. The lowest BCUT2D eigenvalue weighted by Gasteiger charge is -2.16. The van der Waals surface area contributed by atoms with Gasteiger partial charge in [0.2, 0.25) is 0 Å². The number of alkyl halides is 3. The number of rotatable bonds is 4. The molecule has 4 aromatic heterocycles. The average Bonchev–Trinajstić information content (AvgIpc) is 3.74. The number of aromatic nitrogens is 6. The molecule has 14 heteroatoms. The second-order valence-electron chi connectivity index (χ2n) is 11.8. The van der Waals surface area contributed by atoms with E-state index in [2.05, 4.69) is 15.0 Å². The van der Waals surface area contributed by atoms with Crippen molar-refractivity contribution in [1.29, 1.82) is 0 Å². The lowest BCUT2D eigenvalue weighted by Crippen LogP contribution is -2.21. The Bertz CT molecular complexity index is 2760. The summed E-state index contributed by atoms with van der Waals surface area (Å²) in [5.74, 6) is 0. The predicted molar refractivity (Wildman–Crippen MR) is 188 cm³/mol. The number of pyridine rings is 2. The van der Waals surface area contributed by atoms with E-state index in [9.17, 15) is 26.4 Å². The largest absolute Gasteiger partial charge is 0.418 e. The van der Waals surface area contributed by atoms with E-state index in [4.69, 9.17) is 4.55 Å². The van der Waals surface area contributed by atoms with Crippen LogP contribution in [0, 0.1) is 6.92 Å². The number of hydrogen-bond acceptors (Lipinski definition) is 6. The third-order valence-corrected chi connectivity index (χ3v) is 9.32. The Labute approximate surface area is 288 Å². The van der Waals surface area contributed by atoms with Gasteiger partial charge in [0, 0.05) is 42.0 Å². The summed E-state index contributed by atoms with van der Waals surface area (Å²) in [6, 6.07) is 25.3. The molecule has 0 unspecified atom stereocenters. The quantitative estimate of drug-likeness (QED) is 0.187. The molecule has 51 heavy (non-hydrogen) atoms. The third kappa shape index (κ3) is 6.37. The maximum Gasteiger partial charge on any atom is 0.418 e. The first-order valence-corrected chi connectivity index (χ1v) is 16.8. The molecule has 0 fully saturated rings. The number of benzene rings is 4. The van der Waals surface area contributed by atoms with Crippen molar-refractivity contribution in [2.24, 2.45) is 7.05 Å². The Morgan fingerprint density at radius 3 is 2.27 bits per heavy atom. The van der Waals surface area contributed by atoms with Crippen LogP contribution in [-0.2, 0) is 23.3 Å². The smallest absolute Gasteiger partial charge is 0.306 e. The van der Waals surface area contributed by atoms with Crippen molar-refractivity contribution >= 4 is 43.0 Å². The van der Waals surface area contributed by atoms with Crippen LogP contribution in [0.4, 0.5) is 13.2 Å². The number of hydrogen-bond donors (Lipinski definition) is 1. The van der Waals surface area contributed by atoms with E-state index in [-0.39, 0.29) is 16.3 Å². The molecule has 0 amide bonds. The summed E-state index contributed by atoms with van der Waals surface area (Å²) in [5.41, 5.74) is 3.76. The standard InChI is InChI=1S/C30H19F3N6O.C7H8O3S/c1-37-27-16-36-25-8-6-18(20-12-19-4-2-3-5-24(19)35-15-20)13-22(25)28(27)39(29(37)40)21-7-9-26(38-11-10-34-17-38)23(14-21)30(31,32)33;1-6-2-4-7(5-3-6)11(8,9)10/h2-17H,1H3;2-5H,1H3,(H,8,9,10). The summed E-state index contributed by atoms with van der Waals surface area (Å²) in [7, 11) is -2.44.